The molecule has 1 amide bonds. The maximum Gasteiger partial charge on any atom is 0.217 e. The highest BCUT2D eigenvalue weighted by atomic mass is 16.3. The van der Waals surface area contributed by atoms with Crippen LogP contribution in [0.25, 0.3) is 0 Å². The van der Waals surface area contributed by atoms with Crippen LogP contribution < -0.4 is 5.32 Å². The smallest absolute Gasteiger partial charge is 0.217 e. The first-order valence-corrected chi connectivity index (χ1v) is 4.32. The lowest BCUT2D eigenvalue weighted by atomic mass is 9.99. The second-order valence-electron chi connectivity index (χ2n) is 3.58. The minimum absolute atomic E-state index is 0.229. The van der Waals surface area contributed by atoms with Gasteiger partial charge in [-0.3, -0.25) is 4.79 Å². The molecule has 0 spiro atoms. The highest BCUT2D eigenvalue weighted by molar-refractivity contribution is 5.73. The van der Waals surface area contributed by atoms with Gasteiger partial charge in [-0.15, -0.1) is 0 Å². The van der Waals surface area contributed by atoms with E-state index in [0.717, 1.165) is 0 Å². The largest absolute Gasteiger partial charge is 0.390 e. The number of aliphatic hydroxyl groups excluding tert-OH is 2. The topological polar surface area (TPSA) is 72.8 Å². The van der Waals surface area contributed by atoms with E-state index in [2.05, 4.69) is 5.32 Å². The van der Waals surface area contributed by atoms with Gasteiger partial charge < -0.3 is 20.4 Å². The van der Waals surface area contributed by atoms with Crippen molar-refractivity contribution in [3.05, 3.63) is 0 Å². The molecule has 0 bridgehead atoms. The Morgan fingerprint density at radius 2 is 1.85 bits per heavy atom. The van der Waals surface area contributed by atoms with Crippen molar-refractivity contribution in [2.45, 2.75) is 25.2 Å². The van der Waals surface area contributed by atoms with Crippen LogP contribution in [0.2, 0.25) is 0 Å². The number of carbonyl (C=O) groups is 1. The Kier molecular flexibility index (Phi) is 3.24. The number of rotatable bonds is 1. The molecule has 76 valence electrons. The molecule has 0 unspecified atom stereocenters. The zero-order valence-electron chi connectivity index (χ0n) is 7.90. The summed E-state index contributed by atoms with van der Waals surface area (Å²) >= 11 is 0. The van der Waals surface area contributed by atoms with E-state index in [9.17, 15) is 15.0 Å². The highest BCUT2D eigenvalue weighted by Gasteiger charge is 2.33. The summed E-state index contributed by atoms with van der Waals surface area (Å²) in [6, 6.07) is -0.534. The second-order valence-corrected chi connectivity index (χ2v) is 3.58. The van der Waals surface area contributed by atoms with Gasteiger partial charge in [0.15, 0.2) is 0 Å². The molecule has 3 N–H and O–H groups in total. The number of hydrogen-bond acceptors (Lipinski definition) is 4. The highest BCUT2D eigenvalue weighted by Crippen LogP contribution is 2.10. The Balaban J connectivity index is 2.56. The molecule has 0 aromatic heterocycles. The maximum absolute atomic E-state index is 10.7. The molecule has 0 aromatic rings. The quantitative estimate of drug-likeness (QED) is 0.452. The average molecular weight is 188 g/mol. The minimum atomic E-state index is -0.697. The second kappa shape index (κ2) is 4.04. The van der Waals surface area contributed by atoms with Crippen molar-refractivity contribution in [3.63, 3.8) is 0 Å². The number of piperidine rings is 1. The molecule has 0 aliphatic carbocycles. The number of hydrogen-bond donors (Lipinski definition) is 3. The van der Waals surface area contributed by atoms with Crippen LogP contribution in [-0.2, 0) is 4.79 Å². The molecular weight excluding hydrogens is 172 g/mol. The Labute approximate surface area is 77.3 Å². The summed E-state index contributed by atoms with van der Waals surface area (Å²) in [5.41, 5.74) is 0. The van der Waals surface area contributed by atoms with Gasteiger partial charge in [-0.2, -0.15) is 0 Å². The Morgan fingerprint density at radius 1 is 1.38 bits per heavy atom. The van der Waals surface area contributed by atoms with Gasteiger partial charge in [0.1, 0.15) is 0 Å². The predicted octanol–water partition coefficient (Wildman–Crippen LogP) is -1.84. The van der Waals surface area contributed by atoms with E-state index in [-0.39, 0.29) is 5.91 Å². The number of carbonyl (C=O) groups excluding carboxylic acids is 1. The van der Waals surface area contributed by atoms with Crippen LogP contribution in [0.3, 0.4) is 0 Å². The third kappa shape index (κ3) is 2.65. The average Bonchev–Trinajstić information content (AvgIpc) is 1.96. The number of nitrogens with one attached hydrogen (secondary N) is 1. The fourth-order valence-electron chi connectivity index (χ4n) is 1.62. The van der Waals surface area contributed by atoms with E-state index in [1.807, 2.05) is 11.9 Å². The minimum Gasteiger partial charge on any atom is -0.390 e. The molecule has 1 aliphatic rings. The van der Waals surface area contributed by atoms with Crippen LogP contribution in [-0.4, -0.2) is 59.4 Å². The molecule has 3 atom stereocenters. The van der Waals surface area contributed by atoms with Gasteiger partial charge >= 0.3 is 0 Å². The maximum atomic E-state index is 10.7. The van der Waals surface area contributed by atoms with Crippen molar-refractivity contribution in [1.29, 1.82) is 0 Å². The van der Waals surface area contributed by atoms with E-state index in [1.54, 1.807) is 0 Å². The summed E-state index contributed by atoms with van der Waals surface area (Å²) in [7, 11) is 1.82. The number of nitrogens with zero attached hydrogens (tertiary/aromatic N) is 1. The monoisotopic (exact) mass is 188 g/mol. The van der Waals surface area contributed by atoms with Crippen molar-refractivity contribution < 1.29 is 15.0 Å². The van der Waals surface area contributed by atoms with Crippen LogP contribution in [0, 0.1) is 0 Å². The molecule has 1 heterocycles. The van der Waals surface area contributed by atoms with Crippen LogP contribution in [0.15, 0.2) is 0 Å². The summed E-state index contributed by atoms with van der Waals surface area (Å²) in [5, 5.41) is 21.6. The molecular formula is C8H16N2O3. The Bertz CT molecular complexity index is 186. The molecule has 0 radical (unpaired) electrons. The summed E-state index contributed by atoms with van der Waals surface area (Å²) in [6.07, 6.45) is -1.39. The van der Waals surface area contributed by atoms with Crippen molar-refractivity contribution in [3.8, 4) is 0 Å². The molecule has 0 saturated carbocycles. The van der Waals surface area contributed by atoms with E-state index in [0.29, 0.717) is 13.1 Å². The summed E-state index contributed by atoms with van der Waals surface area (Å²) in [5.74, 6) is -0.229. The van der Waals surface area contributed by atoms with Crippen molar-refractivity contribution in [1.82, 2.24) is 10.2 Å². The van der Waals surface area contributed by atoms with Gasteiger partial charge in [-0.1, -0.05) is 0 Å². The zero-order valence-corrected chi connectivity index (χ0v) is 7.90. The van der Waals surface area contributed by atoms with Gasteiger partial charge in [0.05, 0.1) is 18.2 Å². The summed E-state index contributed by atoms with van der Waals surface area (Å²) < 4.78 is 0. The van der Waals surface area contributed by atoms with E-state index < -0.39 is 18.2 Å². The van der Waals surface area contributed by atoms with Gasteiger partial charge in [-0.25, -0.2) is 0 Å². The van der Waals surface area contributed by atoms with E-state index in [1.165, 1.54) is 6.92 Å². The van der Waals surface area contributed by atoms with Gasteiger partial charge in [-0.05, 0) is 7.05 Å². The zero-order chi connectivity index (χ0) is 10.0. The number of β-amino-alcohol motifs (C(OH)–C–C–N with tert-alkyl or cyclic N) is 2. The van der Waals surface area contributed by atoms with E-state index in [4.69, 9.17) is 0 Å². The number of likely N-dealkylation sites (tertiary alicyclic amines) is 1. The van der Waals surface area contributed by atoms with Crippen LogP contribution in [0.4, 0.5) is 0 Å². The van der Waals surface area contributed by atoms with E-state index >= 15 is 0 Å². The van der Waals surface area contributed by atoms with Crippen LogP contribution >= 0.6 is 0 Å². The molecule has 5 heteroatoms. The lowest BCUT2D eigenvalue weighted by Crippen LogP contribution is -2.60. The van der Waals surface area contributed by atoms with Gasteiger partial charge in [0.2, 0.25) is 5.91 Å². The molecule has 1 saturated heterocycles. The van der Waals surface area contributed by atoms with Crippen molar-refractivity contribution in [2.75, 3.05) is 20.1 Å². The lowest BCUT2D eigenvalue weighted by molar-refractivity contribution is -0.123. The first-order chi connectivity index (χ1) is 6.00. The number of amides is 1. The number of aliphatic hydroxyl groups is 2. The Hall–Kier alpha value is -0.650. The standard InChI is InChI=1S/C8H16N2O3/c1-5(11)9-8-6(12)3-10(2)4-7(8)13/h6-8,12-13H,3-4H2,1-2H3,(H,9,11)/t6-,7+,8+. The molecule has 0 aromatic carbocycles. The van der Waals surface area contributed by atoms with Crippen LogP contribution in [0.5, 0.6) is 0 Å². The molecule has 13 heavy (non-hydrogen) atoms. The molecule has 1 aliphatic heterocycles. The third-order valence-corrected chi connectivity index (χ3v) is 2.20. The van der Waals surface area contributed by atoms with Gasteiger partial charge in [0, 0.05) is 20.0 Å². The SMILES string of the molecule is CC(=O)N[C@H]1[C@H](O)CN(C)C[C@@H]1O. The fraction of sp³-hybridized carbons (Fsp3) is 0.875. The third-order valence-electron chi connectivity index (χ3n) is 2.20. The normalized spacial score (nSPS) is 35.8. The van der Waals surface area contributed by atoms with Crippen molar-refractivity contribution in [2.24, 2.45) is 0 Å². The molecule has 1 rings (SSSR count). The Morgan fingerprint density at radius 3 is 2.23 bits per heavy atom. The summed E-state index contributed by atoms with van der Waals surface area (Å²) in [6.45, 7) is 2.32. The lowest BCUT2D eigenvalue weighted by Gasteiger charge is -2.37. The first kappa shape index (κ1) is 10.4. The van der Waals surface area contributed by atoms with Gasteiger partial charge in [0.25, 0.3) is 0 Å². The number of likely N-dealkylation sites (N-methyl/N-ethyl adjacent to an activating group) is 1. The molecule has 1 fully saturated rings. The summed E-state index contributed by atoms with van der Waals surface area (Å²) in [4.78, 5) is 12.6. The first-order valence-electron chi connectivity index (χ1n) is 4.32. The van der Waals surface area contributed by atoms with Crippen molar-refractivity contribution >= 4 is 5.91 Å². The fourth-order valence-corrected chi connectivity index (χ4v) is 1.62. The molecule has 5 nitrogen and oxygen atoms in total. The van der Waals surface area contributed by atoms with Crippen LogP contribution in [0.1, 0.15) is 6.92 Å². The predicted molar refractivity (Wildman–Crippen MR) is 47.1 cm³/mol.